The van der Waals surface area contributed by atoms with Crippen molar-refractivity contribution in [2.45, 2.75) is 19.4 Å². The summed E-state index contributed by atoms with van der Waals surface area (Å²) in [6.07, 6.45) is 6.21. The van der Waals surface area contributed by atoms with E-state index in [1.54, 1.807) is 29.0 Å². The van der Waals surface area contributed by atoms with E-state index in [1.807, 2.05) is 6.07 Å². The SMILES string of the molecule is COc1ccc(C=CC(=O)NCCCCn2ccccc2=O)cc1F. The molecule has 0 spiro atoms. The summed E-state index contributed by atoms with van der Waals surface area (Å²) in [4.78, 5) is 23.3. The van der Waals surface area contributed by atoms with Crippen molar-refractivity contribution in [3.63, 3.8) is 0 Å². The summed E-state index contributed by atoms with van der Waals surface area (Å²) in [6, 6.07) is 9.53. The van der Waals surface area contributed by atoms with Gasteiger partial charge in [-0.3, -0.25) is 9.59 Å². The molecule has 0 aliphatic heterocycles. The minimum atomic E-state index is -0.471. The highest BCUT2D eigenvalue weighted by Gasteiger charge is 2.02. The molecule has 5 nitrogen and oxygen atoms in total. The lowest BCUT2D eigenvalue weighted by molar-refractivity contribution is -0.116. The third kappa shape index (κ3) is 5.91. The van der Waals surface area contributed by atoms with Crippen molar-refractivity contribution in [2.75, 3.05) is 13.7 Å². The normalized spacial score (nSPS) is 10.8. The number of nitrogens with one attached hydrogen (secondary N) is 1. The highest BCUT2D eigenvalue weighted by Crippen LogP contribution is 2.18. The number of unbranched alkanes of at least 4 members (excludes halogenated alkanes) is 1. The average molecular weight is 344 g/mol. The first kappa shape index (κ1) is 18.4. The summed E-state index contributed by atoms with van der Waals surface area (Å²) in [6.45, 7) is 1.14. The number of hydrogen-bond donors (Lipinski definition) is 1. The number of pyridine rings is 1. The standard InChI is InChI=1S/C19H21FN2O3/c1-25-17-9-7-15(14-16(17)20)8-10-18(23)21-11-3-5-13-22-12-4-2-6-19(22)24/h2,4,6-10,12,14H,3,5,11,13H2,1H3,(H,21,23). The zero-order chi connectivity index (χ0) is 18.1. The van der Waals surface area contributed by atoms with Crippen molar-refractivity contribution in [3.8, 4) is 5.75 Å². The number of rotatable bonds is 8. The number of hydrogen-bond acceptors (Lipinski definition) is 3. The van der Waals surface area contributed by atoms with Crippen LogP contribution >= 0.6 is 0 Å². The van der Waals surface area contributed by atoms with Crippen molar-refractivity contribution in [3.05, 3.63) is 70.4 Å². The van der Waals surface area contributed by atoms with E-state index in [4.69, 9.17) is 4.74 Å². The van der Waals surface area contributed by atoms with Gasteiger partial charge in [-0.2, -0.15) is 0 Å². The molecule has 2 rings (SSSR count). The van der Waals surface area contributed by atoms with Gasteiger partial charge in [0.05, 0.1) is 7.11 Å². The van der Waals surface area contributed by atoms with Gasteiger partial charge >= 0.3 is 0 Å². The van der Waals surface area contributed by atoms with E-state index in [1.165, 1.54) is 31.4 Å². The number of halogens is 1. The monoisotopic (exact) mass is 344 g/mol. The Kier molecular flexibility index (Phi) is 6.95. The number of nitrogens with zero attached hydrogens (tertiary/aromatic N) is 1. The number of carbonyl (C=O) groups excluding carboxylic acids is 1. The van der Waals surface area contributed by atoms with Crippen LogP contribution in [-0.2, 0) is 11.3 Å². The van der Waals surface area contributed by atoms with Gasteiger partial charge in [-0.1, -0.05) is 12.1 Å². The zero-order valence-electron chi connectivity index (χ0n) is 14.1. The quantitative estimate of drug-likeness (QED) is 0.591. The summed E-state index contributed by atoms with van der Waals surface area (Å²) in [7, 11) is 1.40. The Bertz CT molecular complexity index is 799. The molecule has 132 valence electrons. The van der Waals surface area contributed by atoms with Gasteiger partial charge in [0, 0.05) is 31.4 Å². The third-order valence-corrected chi connectivity index (χ3v) is 3.63. The van der Waals surface area contributed by atoms with Crippen molar-refractivity contribution < 1.29 is 13.9 Å². The van der Waals surface area contributed by atoms with Crippen LogP contribution in [0.25, 0.3) is 6.08 Å². The number of aryl methyl sites for hydroxylation is 1. The van der Waals surface area contributed by atoms with Crippen LogP contribution in [0, 0.1) is 5.82 Å². The van der Waals surface area contributed by atoms with Gasteiger partial charge in [-0.15, -0.1) is 0 Å². The smallest absolute Gasteiger partial charge is 0.250 e. The number of methoxy groups -OCH3 is 1. The van der Waals surface area contributed by atoms with E-state index in [0.29, 0.717) is 18.7 Å². The molecule has 6 heteroatoms. The molecular formula is C19H21FN2O3. The predicted octanol–water partition coefficient (Wildman–Crippen LogP) is 2.61. The van der Waals surface area contributed by atoms with E-state index in [2.05, 4.69) is 5.32 Å². The molecule has 0 fully saturated rings. The van der Waals surface area contributed by atoms with Crippen LogP contribution in [0.15, 0.2) is 53.5 Å². The minimum Gasteiger partial charge on any atom is -0.494 e. The lowest BCUT2D eigenvalue weighted by Gasteiger charge is -2.05. The number of carbonyl (C=O) groups is 1. The molecule has 0 saturated carbocycles. The summed E-state index contributed by atoms with van der Waals surface area (Å²) in [5.74, 6) is -0.548. The maximum absolute atomic E-state index is 13.5. The van der Waals surface area contributed by atoms with Gasteiger partial charge in [0.2, 0.25) is 11.5 Å². The number of aromatic nitrogens is 1. The van der Waals surface area contributed by atoms with Gasteiger partial charge in [0.1, 0.15) is 0 Å². The van der Waals surface area contributed by atoms with E-state index < -0.39 is 5.82 Å². The molecule has 0 bridgehead atoms. The summed E-state index contributed by atoms with van der Waals surface area (Å²) in [5.41, 5.74) is 0.554. The molecular weight excluding hydrogens is 323 g/mol. The molecule has 0 unspecified atom stereocenters. The lowest BCUT2D eigenvalue weighted by Crippen LogP contribution is -2.23. The highest BCUT2D eigenvalue weighted by molar-refractivity contribution is 5.91. The number of benzene rings is 1. The largest absolute Gasteiger partial charge is 0.494 e. The van der Waals surface area contributed by atoms with Crippen molar-refractivity contribution in [1.82, 2.24) is 9.88 Å². The van der Waals surface area contributed by atoms with Crippen molar-refractivity contribution >= 4 is 12.0 Å². The molecule has 0 aliphatic carbocycles. The predicted molar refractivity (Wildman–Crippen MR) is 94.9 cm³/mol. The summed E-state index contributed by atoms with van der Waals surface area (Å²) >= 11 is 0. The highest BCUT2D eigenvalue weighted by atomic mass is 19.1. The van der Waals surface area contributed by atoms with Gasteiger partial charge in [0.25, 0.3) is 0 Å². The summed E-state index contributed by atoms with van der Waals surface area (Å²) < 4.78 is 20.0. The first-order chi connectivity index (χ1) is 12.1. The van der Waals surface area contributed by atoms with Crippen LogP contribution in [0.4, 0.5) is 4.39 Å². The van der Waals surface area contributed by atoms with E-state index in [-0.39, 0.29) is 17.2 Å². The van der Waals surface area contributed by atoms with Crippen LogP contribution in [0.2, 0.25) is 0 Å². The van der Waals surface area contributed by atoms with Crippen molar-refractivity contribution in [1.29, 1.82) is 0 Å². The second-order valence-corrected chi connectivity index (χ2v) is 5.46. The molecule has 25 heavy (non-hydrogen) atoms. The van der Waals surface area contributed by atoms with Crippen LogP contribution < -0.4 is 15.6 Å². The Balaban J connectivity index is 1.71. The molecule has 0 saturated heterocycles. The first-order valence-corrected chi connectivity index (χ1v) is 8.05. The summed E-state index contributed by atoms with van der Waals surface area (Å²) in [5, 5.41) is 2.76. The molecule has 1 amide bonds. The van der Waals surface area contributed by atoms with E-state index in [9.17, 15) is 14.0 Å². The van der Waals surface area contributed by atoms with E-state index in [0.717, 1.165) is 12.8 Å². The minimum absolute atomic E-state index is 0.0267. The van der Waals surface area contributed by atoms with Gasteiger partial charge in [-0.25, -0.2) is 4.39 Å². The van der Waals surface area contributed by atoms with Gasteiger partial charge in [-0.05, 0) is 42.7 Å². The van der Waals surface area contributed by atoms with Crippen LogP contribution in [0.3, 0.4) is 0 Å². The van der Waals surface area contributed by atoms with Crippen LogP contribution in [0.5, 0.6) is 5.75 Å². The molecule has 0 atom stereocenters. The second kappa shape index (κ2) is 9.42. The van der Waals surface area contributed by atoms with Gasteiger partial charge < -0.3 is 14.6 Å². The van der Waals surface area contributed by atoms with Crippen LogP contribution in [0.1, 0.15) is 18.4 Å². The molecule has 1 aromatic heterocycles. The maximum atomic E-state index is 13.5. The Morgan fingerprint density at radius 2 is 2.12 bits per heavy atom. The maximum Gasteiger partial charge on any atom is 0.250 e. The second-order valence-electron chi connectivity index (χ2n) is 5.46. The molecule has 1 heterocycles. The Morgan fingerprint density at radius 3 is 2.84 bits per heavy atom. The zero-order valence-corrected chi connectivity index (χ0v) is 14.1. The molecule has 1 N–H and O–H groups in total. The lowest BCUT2D eigenvalue weighted by atomic mass is 10.2. The molecule has 2 aromatic rings. The Morgan fingerprint density at radius 1 is 1.28 bits per heavy atom. The fraction of sp³-hybridized carbons (Fsp3) is 0.263. The van der Waals surface area contributed by atoms with Gasteiger partial charge in [0.15, 0.2) is 11.6 Å². The average Bonchev–Trinajstić information content (AvgIpc) is 2.61. The molecule has 0 aliphatic rings. The fourth-order valence-electron chi connectivity index (χ4n) is 2.28. The van der Waals surface area contributed by atoms with Crippen molar-refractivity contribution in [2.24, 2.45) is 0 Å². The molecule has 1 aromatic carbocycles. The van der Waals surface area contributed by atoms with E-state index >= 15 is 0 Å². The Hall–Kier alpha value is -2.89. The fourth-order valence-corrected chi connectivity index (χ4v) is 2.28. The third-order valence-electron chi connectivity index (χ3n) is 3.63. The first-order valence-electron chi connectivity index (χ1n) is 8.05. The Labute approximate surface area is 145 Å². The van der Waals surface area contributed by atoms with Crippen LogP contribution in [-0.4, -0.2) is 24.1 Å². The molecule has 0 radical (unpaired) electrons. The number of amides is 1. The number of ether oxygens (including phenoxy) is 1. The topological polar surface area (TPSA) is 60.3 Å².